The number of rotatable bonds is 4. The Labute approximate surface area is 97.0 Å². The molecule has 0 spiro atoms. The second-order valence-corrected chi connectivity index (χ2v) is 6.60. The summed E-state index contributed by atoms with van der Waals surface area (Å²) in [4.78, 5) is 0. The maximum atomic E-state index is 11.7. The minimum absolute atomic E-state index is 0.0527. The summed E-state index contributed by atoms with van der Waals surface area (Å²) in [5.41, 5.74) is 1.60. The first-order valence-electron chi connectivity index (χ1n) is 5.35. The first kappa shape index (κ1) is 13.2. The monoisotopic (exact) mass is 242 g/mol. The van der Waals surface area contributed by atoms with Crippen LogP contribution in [0, 0.1) is 6.92 Å². The fourth-order valence-corrected chi connectivity index (χ4v) is 2.70. The van der Waals surface area contributed by atoms with Gasteiger partial charge in [-0.25, -0.2) is 8.42 Å². The number of sulfone groups is 1. The van der Waals surface area contributed by atoms with Crippen LogP contribution in [-0.2, 0) is 9.84 Å². The Balaban J connectivity index is 3.04. The molecule has 1 N–H and O–H groups in total. The van der Waals surface area contributed by atoms with Crippen LogP contribution in [0.15, 0.2) is 24.3 Å². The van der Waals surface area contributed by atoms with E-state index in [0.717, 1.165) is 5.56 Å². The third-order valence-corrected chi connectivity index (χ3v) is 5.12. The van der Waals surface area contributed by atoms with Gasteiger partial charge in [0.05, 0.1) is 11.4 Å². The van der Waals surface area contributed by atoms with Crippen molar-refractivity contribution >= 4 is 9.84 Å². The van der Waals surface area contributed by atoms with Crippen molar-refractivity contribution in [3.05, 3.63) is 35.4 Å². The molecule has 0 aliphatic heterocycles. The molecule has 0 saturated carbocycles. The van der Waals surface area contributed by atoms with Crippen molar-refractivity contribution in [2.75, 3.05) is 5.75 Å². The molecule has 3 nitrogen and oxygen atoms in total. The summed E-state index contributed by atoms with van der Waals surface area (Å²) in [6.45, 7) is 5.01. The van der Waals surface area contributed by atoms with Crippen LogP contribution in [-0.4, -0.2) is 24.5 Å². The van der Waals surface area contributed by atoms with E-state index in [4.69, 9.17) is 0 Å². The van der Waals surface area contributed by atoms with Crippen molar-refractivity contribution in [3.8, 4) is 0 Å². The normalized spacial score (nSPS) is 15.8. The average Bonchev–Trinajstić information content (AvgIpc) is 2.27. The molecule has 0 bridgehead atoms. The summed E-state index contributed by atoms with van der Waals surface area (Å²) in [5.74, 6) is 0.0527. The molecule has 0 aliphatic carbocycles. The third kappa shape index (κ3) is 2.62. The Bertz CT molecular complexity index is 451. The van der Waals surface area contributed by atoms with Gasteiger partial charge in [-0.3, -0.25) is 0 Å². The van der Waals surface area contributed by atoms with Gasteiger partial charge in [-0.2, -0.15) is 0 Å². The molecule has 16 heavy (non-hydrogen) atoms. The summed E-state index contributed by atoms with van der Waals surface area (Å²) >= 11 is 0. The Morgan fingerprint density at radius 1 is 1.31 bits per heavy atom. The van der Waals surface area contributed by atoms with Crippen molar-refractivity contribution < 1.29 is 13.5 Å². The van der Waals surface area contributed by atoms with Crippen LogP contribution in [0.2, 0.25) is 0 Å². The average molecular weight is 242 g/mol. The molecular formula is C12H18O3S. The first-order chi connectivity index (χ1) is 7.40. The maximum absolute atomic E-state index is 11.7. The first-order valence-corrected chi connectivity index (χ1v) is 7.07. The lowest BCUT2D eigenvalue weighted by atomic mass is 10.0. The number of aliphatic hydroxyl groups is 1. The maximum Gasteiger partial charge on any atom is 0.155 e. The zero-order valence-corrected chi connectivity index (χ0v) is 10.7. The van der Waals surface area contributed by atoms with Gasteiger partial charge < -0.3 is 5.11 Å². The number of benzene rings is 1. The minimum atomic E-state index is -3.21. The van der Waals surface area contributed by atoms with Crippen LogP contribution in [0.5, 0.6) is 0 Å². The third-order valence-electron chi connectivity index (χ3n) is 2.92. The molecule has 0 amide bonds. The van der Waals surface area contributed by atoms with E-state index in [0.29, 0.717) is 5.56 Å². The fraction of sp³-hybridized carbons (Fsp3) is 0.500. The fourth-order valence-electron chi connectivity index (χ4n) is 1.63. The standard InChI is InChI=1S/C12H18O3S/c1-4-16(14,15)10(3)12(13)11-8-6-5-7-9(11)2/h5-8,10,12-13H,4H2,1-3H3/t10-,12+/m0/s1. The van der Waals surface area contributed by atoms with Gasteiger partial charge in [0.25, 0.3) is 0 Å². The summed E-state index contributed by atoms with van der Waals surface area (Å²) in [7, 11) is -3.21. The van der Waals surface area contributed by atoms with Crippen molar-refractivity contribution in [2.24, 2.45) is 0 Å². The van der Waals surface area contributed by atoms with Gasteiger partial charge in [0, 0.05) is 5.75 Å². The quantitative estimate of drug-likeness (QED) is 0.876. The zero-order chi connectivity index (χ0) is 12.3. The van der Waals surface area contributed by atoms with Gasteiger partial charge in [-0.15, -0.1) is 0 Å². The van der Waals surface area contributed by atoms with E-state index in [2.05, 4.69) is 0 Å². The lowest BCUT2D eigenvalue weighted by Crippen LogP contribution is -2.27. The second kappa shape index (κ2) is 4.97. The molecule has 1 rings (SSSR count). The van der Waals surface area contributed by atoms with E-state index in [9.17, 15) is 13.5 Å². The number of hydrogen-bond acceptors (Lipinski definition) is 3. The molecular weight excluding hydrogens is 224 g/mol. The SMILES string of the molecule is CCS(=O)(=O)[C@@H](C)[C@@H](O)c1ccccc1C. The van der Waals surface area contributed by atoms with Crippen LogP contribution in [0.1, 0.15) is 31.1 Å². The van der Waals surface area contributed by atoms with Crippen molar-refractivity contribution in [2.45, 2.75) is 32.1 Å². The van der Waals surface area contributed by atoms with E-state index >= 15 is 0 Å². The van der Waals surface area contributed by atoms with Gasteiger partial charge in [0.2, 0.25) is 0 Å². The van der Waals surface area contributed by atoms with Crippen LogP contribution in [0.4, 0.5) is 0 Å². The molecule has 0 saturated heterocycles. The van der Waals surface area contributed by atoms with E-state index in [1.165, 1.54) is 0 Å². The van der Waals surface area contributed by atoms with Crippen LogP contribution in [0.25, 0.3) is 0 Å². The molecule has 0 aromatic heterocycles. The molecule has 0 fully saturated rings. The number of aryl methyl sites for hydroxylation is 1. The summed E-state index contributed by atoms with van der Waals surface area (Å²) in [6, 6.07) is 7.30. The minimum Gasteiger partial charge on any atom is -0.387 e. The summed E-state index contributed by atoms with van der Waals surface area (Å²) < 4.78 is 23.3. The van der Waals surface area contributed by atoms with Gasteiger partial charge >= 0.3 is 0 Å². The predicted octanol–water partition coefficient (Wildman–Crippen LogP) is 1.85. The van der Waals surface area contributed by atoms with E-state index < -0.39 is 21.2 Å². The van der Waals surface area contributed by atoms with E-state index in [-0.39, 0.29) is 5.75 Å². The Morgan fingerprint density at radius 2 is 1.88 bits per heavy atom. The molecule has 0 radical (unpaired) electrons. The molecule has 1 aromatic carbocycles. The predicted molar refractivity (Wildman–Crippen MR) is 65.1 cm³/mol. The molecule has 1 aromatic rings. The van der Waals surface area contributed by atoms with Crippen LogP contribution in [0.3, 0.4) is 0 Å². The van der Waals surface area contributed by atoms with Crippen LogP contribution >= 0.6 is 0 Å². The summed E-state index contributed by atoms with van der Waals surface area (Å²) in [5, 5.41) is 9.29. The van der Waals surface area contributed by atoms with Gasteiger partial charge in [-0.1, -0.05) is 31.2 Å². The molecule has 90 valence electrons. The lowest BCUT2D eigenvalue weighted by molar-refractivity contribution is 0.175. The second-order valence-electron chi connectivity index (χ2n) is 3.96. The van der Waals surface area contributed by atoms with Gasteiger partial charge in [0.1, 0.15) is 0 Å². The molecule has 0 heterocycles. The van der Waals surface area contributed by atoms with Crippen molar-refractivity contribution in [3.63, 3.8) is 0 Å². The van der Waals surface area contributed by atoms with E-state index in [1.807, 2.05) is 19.1 Å². The molecule has 4 heteroatoms. The molecule has 2 atom stereocenters. The van der Waals surface area contributed by atoms with Gasteiger partial charge in [0.15, 0.2) is 9.84 Å². The highest BCUT2D eigenvalue weighted by atomic mass is 32.2. The molecule has 0 unspecified atom stereocenters. The van der Waals surface area contributed by atoms with E-state index in [1.54, 1.807) is 26.0 Å². The number of aliphatic hydroxyl groups excluding tert-OH is 1. The Kier molecular flexibility index (Phi) is 4.10. The highest BCUT2D eigenvalue weighted by Crippen LogP contribution is 2.24. The Morgan fingerprint density at radius 3 is 2.38 bits per heavy atom. The highest BCUT2D eigenvalue weighted by molar-refractivity contribution is 7.92. The summed E-state index contributed by atoms with van der Waals surface area (Å²) in [6.07, 6.45) is -0.953. The molecule has 0 aliphatic rings. The van der Waals surface area contributed by atoms with Crippen LogP contribution < -0.4 is 0 Å². The Hall–Kier alpha value is -0.870. The lowest BCUT2D eigenvalue weighted by Gasteiger charge is -2.20. The van der Waals surface area contributed by atoms with Crippen molar-refractivity contribution in [1.29, 1.82) is 0 Å². The highest BCUT2D eigenvalue weighted by Gasteiger charge is 2.28. The van der Waals surface area contributed by atoms with Gasteiger partial charge in [-0.05, 0) is 25.0 Å². The number of hydrogen-bond donors (Lipinski definition) is 1. The topological polar surface area (TPSA) is 54.4 Å². The largest absolute Gasteiger partial charge is 0.387 e. The smallest absolute Gasteiger partial charge is 0.155 e. The van der Waals surface area contributed by atoms with Crippen molar-refractivity contribution in [1.82, 2.24) is 0 Å². The zero-order valence-electron chi connectivity index (χ0n) is 9.84.